The van der Waals surface area contributed by atoms with Gasteiger partial charge in [-0.3, -0.25) is 4.98 Å². The number of rotatable bonds is 9. The highest BCUT2D eigenvalue weighted by molar-refractivity contribution is 5.91. The highest BCUT2D eigenvalue weighted by atomic mass is 16.5. The number of methoxy groups -OCH3 is 1. The molecule has 1 aromatic heterocycles. The van der Waals surface area contributed by atoms with E-state index in [4.69, 9.17) is 4.74 Å². The highest BCUT2D eigenvalue weighted by Crippen LogP contribution is 2.28. The number of hydrogen-bond acceptors (Lipinski definition) is 4. The zero-order chi connectivity index (χ0) is 15.8. The van der Waals surface area contributed by atoms with Crippen molar-refractivity contribution < 1.29 is 4.74 Å². The predicted molar refractivity (Wildman–Crippen MR) is 93.8 cm³/mol. The van der Waals surface area contributed by atoms with Gasteiger partial charge >= 0.3 is 0 Å². The molecule has 0 amide bonds. The highest BCUT2D eigenvalue weighted by Gasteiger charge is 2.08. The summed E-state index contributed by atoms with van der Waals surface area (Å²) in [6.45, 7) is 6.59. The number of benzene rings is 1. The Balaban J connectivity index is 2.00. The Hall–Kier alpha value is -1.81. The lowest BCUT2D eigenvalue weighted by molar-refractivity contribution is 0.415. The van der Waals surface area contributed by atoms with Crippen molar-refractivity contribution >= 4 is 16.6 Å². The molecule has 0 saturated carbocycles. The van der Waals surface area contributed by atoms with Gasteiger partial charge in [-0.25, -0.2) is 0 Å². The van der Waals surface area contributed by atoms with E-state index in [9.17, 15) is 0 Å². The van der Waals surface area contributed by atoms with Gasteiger partial charge in [0, 0.05) is 23.7 Å². The summed E-state index contributed by atoms with van der Waals surface area (Å²) >= 11 is 0. The van der Waals surface area contributed by atoms with Crippen LogP contribution in [0.5, 0.6) is 5.75 Å². The summed E-state index contributed by atoms with van der Waals surface area (Å²) in [6.07, 6.45) is 5.32. The van der Waals surface area contributed by atoms with E-state index >= 15 is 0 Å². The lowest BCUT2D eigenvalue weighted by Gasteiger charge is -2.17. The number of nitrogens with zero attached hydrogens (tertiary/aromatic N) is 1. The lowest BCUT2D eigenvalue weighted by Crippen LogP contribution is -2.20. The Labute approximate surface area is 133 Å². The molecule has 2 aromatic rings. The minimum absolute atomic E-state index is 0.403. The van der Waals surface area contributed by atoms with E-state index in [2.05, 4.69) is 35.5 Å². The summed E-state index contributed by atoms with van der Waals surface area (Å²) in [5.74, 6) is 0.861. The van der Waals surface area contributed by atoms with Crippen LogP contribution in [0, 0.1) is 0 Å². The molecular weight excluding hydrogens is 274 g/mol. The first-order valence-electron chi connectivity index (χ1n) is 8.14. The molecule has 120 valence electrons. The van der Waals surface area contributed by atoms with Crippen molar-refractivity contribution in [3.05, 3.63) is 30.5 Å². The van der Waals surface area contributed by atoms with Crippen LogP contribution in [-0.4, -0.2) is 31.2 Å². The van der Waals surface area contributed by atoms with Crippen LogP contribution >= 0.6 is 0 Å². The molecule has 0 bridgehead atoms. The molecule has 0 fully saturated rings. The normalized spacial score (nSPS) is 12.3. The van der Waals surface area contributed by atoms with Crippen molar-refractivity contribution in [3.8, 4) is 5.75 Å². The molecule has 1 atom stereocenters. The Morgan fingerprint density at radius 3 is 2.91 bits per heavy atom. The second-order valence-electron chi connectivity index (χ2n) is 5.69. The van der Waals surface area contributed by atoms with Gasteiger partial charge in [-0.05, 0) is 51.4 Å². The lowest BCUT2D eigenvalue weighted by atomic mass is 10.1. The van der Waals surface area contributed by atoms with Crippen LogP contribution in [0.2, 0.25) is 0 Å². The monoisotopic (exact) mass is 301 g/mol. The van der Waals surface area contributed by atoms with Gasteiger partial charge < -0.3 is 15.4 Å². The van der Waals surface area contributed by atoms with Crippen molar-refractivity contribution in [2.75, 3.05) is 25.5 Å². The maximum absolute atomic E-state index is 5.39. The molecule has 0 saturated heterocycles. The topological polar surface area (TPSA) is 46.2 Å². The molecular formula is C18H27N3O. The van der Waals surface area contributed by atoms with E-state index in [-0.39, 0.29) is 0 Å². The molecule has 0 unspecified atom stereocenters. The quantitative estimate of drug-likeness (QED) is 0.691. The number of fused-ring (bicyclic) bond motifs is 1. The van der Waals surface area contributed by atoms with E-state index in [1.54, 1.807) is 7.11 Å². The van der Waals surface area contributed by atoms with Crippen molar-refractivity contribution in [2.45, 2.75) is 39.2 Å². The number of aromatic nitrogens is 1. The fourth-order valence-corrected chi connectivity index (χ4v) is 2.57. The third-order valence-electron chi connectivity index (χ3n) is 3.73. The third-order valence-corrected chi connectivity index (χ3v) is 3.73. The van der Waals surface area contributed by atoms with Gasteiger partial charge in [0.05, 0.1) is 18.3 Å². The zero-order valence-corrected chi connectivity index (χ0v) is 13.9. The van der Waals surface area contributed by atoms with Crippen molar-refractivity contribution in [1.29, 1.82) is 0 Å². The number of anilines is 1. The number of pyridine rings is 1. The molecule has 0 aliphatic heterocycles. The van der Waals surface area contributed by atoms with Gasteiger partial charge in [0.25, 0.3) is 0 Å². The maximum atomic E-state index is 5.39. The van der Waals surface area contributed by atoms with Crippen LogP contribution in [0.4, 0.5) is 5.69 Å². The SMILES string of the molecule is CCCNCCC[C@H](C)Nc1cc(OC)cc2cccnc12. The van der Waals surface area contributed by atoms with Crippen molar-refractivity contribution in [1.82, 2.24) is 10.3 Å². The van der Waals surface area contributed by atoms with Gasteiger partial charge in [0.1, 0.15) is 5.75 Å². The van der Waals surface area contributed by atoms with Gasteiger partial charge in [-0.15, -0.1) is 0 Å². The van der Waals surface area contributed by atoms with E-state index in [0.717, 1.165) is 41.9 Å². The Morgan fingerprint density at radius 1 is 1.27 bits per heavy atom. The standard InChI is InChI=1S/C18H27N3O/c1-4-9-19-10-5-7-14(2)21-17-13-16(22-3)12-15-8-6-11-20-18(15)17/h6,8,11-14,19,21H,4-5,7,9-10H2,1-3H3/t14-/m0/s1. The predicted octanol–water partition coefficient (Wildman–Crippen LogP) is 3.82. The third kappa shape index (κ3) is 4.60. The average molecular weight is 301 g/mol. The molecule has 0 spiro atoms. The summed E-state index contributed by atoms with van der Waals surface area (Å²) in [7, 11) is 1.70. The van der Waals surface area contributed by atoms with Crippen LogP contribution in [0.1, 0.15) is 33.1 Å². The number of ether oxygens (including phenoxy) is 1. The zero-order valence-electron chi connectivity index (χ0n) is 13.9. The summed E-state index contributed by atoms with van der Waals surface area (Å²) in [6, 6.07) is 8.47. The first-order chi connectivity index (χ1) is 10.7. The minimum Gasteiger partial charge on any atom is -0.497 e. The molecule has 1 heterocycles. The van der Waals surface area contributed by atoms with Gasteiger partial charge in [-0.2, -0.15) is 0 Å². The van der Waals surface area contributed by atoms with E-state index in [0.29, 0.717) is 6.04 Å². The van der Waals surface area contributed by atoms with Crippen LogP contribution < -0.4 is 15.4 Å². The molecule has 1 aromatic carbocycles. The average Bonchev–Trinajstić information content (AvgIpc) is 2.54. The van der Waals surface area contributed by atoms with Crippen LogP contribution in [0.25, 0.3) is 10.9 Å². The molecule has 0 aliphatic carbocycles. The van der Waals surface area contributed by atoms with Gasteiger partial charge in [0.15, 0.2) is 0 Å². The summed E-state index contributed by atoms with van der Waals surface area (Å²) < 4.78 is 5.39. The van der Waals surface area contributed by atoms with E-state index in [1.807, 2.05) is 24.4 Å². The molecule has 0 radical (unpaired) electrons. The Kier molecular flexibility index (Phi) is 6.46. The second-order valence-corrected chi connectivity index (χ2v) is 5.69. The molecule has 4 heteroatoms. The van der Waals surface area contributed by atoms with Crippen LogP contribution in [0.15, 0.2) is 30.5 Å². The summed E-state index contributed by atoms with van der Waals surface area (Å²) in [5, 5.41) is 8.12. The smallest absolute Gasteiger partial charge is 0.121 e. The fraction of sp³-hybridized carbons (Fsp3) is 0.500. The van der Waals surface area contributed by atoms with Crippen molar-refractivity contribution in [3.63, 3.8) is 0 Å². The van der Waals surface area contributed by atoms with Gasteiger partial charge in [0.2, 0.25) is 0 Å². The first kappa shape index (κ1) is 16.6. The maximum Gasteiger partial charge on any atom is 0.121 e. The molecule has 2 N–H and O–H groups in total. The van der Waals surface area contributed by atoms with E-state index in [1.165, 1.54) is 12.8 Å². The van der Waals surface area contributed by atoms with Crippen LogP contribution in [-0.2, 0) is 0 Å². The largest absolute Gasteiger partial charge is 0.497 e. The molecule has 22 heavy (non-hydrogen) atoms. The molecule has 0 aliphatic rings. The second kappa shape index (κ2) is 8.59. The summed E-state index contributed by atoms with van der Waals surface area (Å²) in [5.41, 5.74) is 2.04. The Morgan fingerprint density at radius 2 is 2.14 bits per heavy atom. The van der Waals surface area contributed by atoms with Crippen molar-refractivity contribution in [2.24, 2.45) is 0 Å². The number of nitrogens with one attached hydrogen (secondary N) is 2. The Bertz CT molecular complexity index is 586. The fourth-order valence-electron chi connectivity index (χ4n) is 2.57. The van der Waals surface area contributed by atoms with Gasteiger partial charge in [-0.1, -0.05) is 13.0 Å². The van der Waals surface area contributed by atoms with Crippen LogP contribution in [0.3, 0.4) is 0 Å². The molecule has 2 rings (SSSR count). The summed E-state index contributed by atoms with van der Waals surface area (Å²) in [4.78, 5) is 4.50. The first-order valence-corrected chi connectivity index (χ1v) is 8.14. The van der Waals surface area contributed by atoms with E-state index < -0.39 is 0 Å². The minimum atomic E-state index is 0.403. The molecule has 4 nitrogen and oxygen atoms in total. The number of hydrogen-bond donors (Lipinski definition) is 2.